The monoisotopic (exact) mass is 290 g/mol. The van der Waals surface area contributed by atoms with Gasteiger partial charge in [0, 0.05) is 0 Å². The number of phenolic OH excluding ortho intramolecular Hbond substituents is 1. The molecule has 0 saturated carbocycles. The average Bonchev–Trinajstić information content (AvgIpc) is 2.51. The fourth-order valence-corrected chi connectivity index (χ4v) is 2.07. The van der Waals surface area contributed by atoms with Crippen LogP contribution in [0.15, 0.2) is 42.7 Å². The first-order chi connectivity index (χ1) is 10.00. The van der Waals surface area contributed by atoms with Gasteiger partial charge in [0.1, 0.15) is 5.75 Å². The third kappa shape index (κ3) is 3.74. The highest BCUT2D eigenvalue weighted by Gasteiger charge is 2.47. The van der Waals surface area contributed by atoms with Gasteiger partial charge in [0.05, 0.1) is 14.2 Å². The van der Waals surface area contributed by atoms with Crippen LogP contribution >= 0.6 is 0 Å². The first-order valence-electron chi connectivity index (χ1n) is 6.29. The highest BCUT2D eigenvalue weighted by Crippen LogP contribution is 2.31. The van der Waals surface area contributed by atoms with E-state index in [2.05, 4.69) is 12.3 Å². The molecule has 0 bridgehead atoms. The fourth-order valence-electron chi connectivity index (χ4n) is 2.07. The molecule has 0 aliphatic heterocycles. The number of carbonyl (C=O) groups is 2. The lowest BCUT2D eigenvalue weighted by molar-refractivity contribution is -0.168. The van der Waals surface area contributed by atoms with Crippen LogP contribution in [0.4, 0.5) is 0 Å². The molecule has 0 fully saturated rings. The van der Waals surface area contributed by atoms with Gasteiger partial charge in [0.25, 0.3) is 0 Å². The van der Waals surface area contributed by atoms with Gasteiger partial charge < -0.3 is 14.6 Å². The topological polar surface area (TPSA) is 72.8 Å². The average molecular weight is 290 g/mol. The Morgan fingerprint density at radius 3 is 2.19 bits per heavy atom. The molecule has 0 radical (unpaired) electrons. The van der Waals surface area contributed by atoms with Crippen molar-refractivity contribution < 1.29 is 24.2 Å². The van der Waals surface area contributed by atoms with Gasteiger partial charge in [-0.15, -0.1) is 5.73 Å². The van der Waals surface area contributed by atoms with Crippen molar-refractivity contribution in [2.45, 2.75) is 12.8 Å². The third-order valence-electron chi connectivity index (χ3n) is 3.19. The second kappa shape index (κ2) is 7.31. The fraction of sp³-hybridized carbons (Fsp3) is 0.312. The molecule has 0 saturated heterocycles. The Labute approximate surface area is 123 Å². The molecule has 0 aromatic heterocycles. The van der Waals surface area contributed by atoms with Crippen molar-refractivity contribution in [3.8, 4) is 5.75 Å². The van der Waals surface area contributed by atoms with Gasteiger partial charge in [-0.1, -0.05) is 18.7 Å². The minimum atomic E-state index is -1.49. The van der Waals surface area contributed by atoms with Crippen molar-refractivity contribution in [2.24, 2.45) is 5.41 Å². The van der Waals surface area contributed by atoms with Gasteiger partial charge in [0.2, 0.25) is 0 Å². The van der Waals surface area contributed by atoms with Crippen molar-refractivity contribution in [1.82, 2.24) is 0 Å². The number of ether oxygens (including phenoxy) is 2. The number of hydrogen-bond acceptors (Lipinski definition) is 5. The molecule has 5 heteroatoms. The summed E-state index contributed by atoms with van der Waals surface area (Å²) in [5.74, 6) is -1.27. The molecule has 0 spiro atoms. The predicted molar refractivity (Wildman–Crippen MR) is 76.6 cm³/mol. The molecule has 0 atom stereocenters. The largest absolute Gasteiger partial charge is 0.508 e. The van der Waals surface area contributed by atoms with Crippen LogP contribution in [-0.4, -0.2) is 31.3 Å². The van der Waals surface area contributed by atoms with Gasteiger partial charge in [-0.05, 0) is 36.6 Å². The van der Waals surface area contributed by atoms with E-state index in [4.69, 9.17) is 9.47 Å². The Balaban J connectivity index is 3.25. The molecule has 0 amide bonds. The zero-order chi connectivity index (χ0) is 15.9. The lowest BCUT2D eigenvalue weighted by atomic mass is 9.78. The van der Waals surface area contributed by atoms with Crippen LogP contribution in [0.25, 0.3) is 0 Å². The summed E-state index contributed by atoms with van der Waals surface area (Å²) >= 11 is 0. The van der Waals surface area contributed by atoms with Crippen molar-refractivity contribution in [3.05, 3.63) is 48.2 Å². The van der Waals surface area contributed by atoms with Crippen molar-refractivity contribution in [3.63, 3.8) is 0 Å². The quantitative estimate of drug-likeness (QED) is 0.493. The molecule has 112 valence electrons. The summed E-state index contributed by atoms with van der Waals surface area (Å²) < 4.78 is 9.55. The van der Waals surface area contributed by atoms with E-state index in [9.17, 15) is 14.7 Å². The molecular formula is C16H18O5. The number of methoxy groups -OCH3 is 2. The smallest absolute Gasteiger partial charge is 0.323 e. The molecular weight excluding hydrogens is 272 g/mol. The second-order valence-electron chi connectivity index (χ2n) is 4.52. The SMILES string of the molecule is C=C=CCC(Cc1ccc(O)cc1)(C(=O)OC)C(=O)OC. The van der Waals surface area contributed by atoms with Crippen LogP contribution in [0.2, 0.25) is 0 Å². The van der Waals surface area contributed by atoms with Crippen LogP contribution < -0.4 is 0 Å². The van der Waals surface area contributed by atoms with Gasteiger partial charge in [0.15, 0.2) is 5.41 Å². The van der Waals surface area contributed by atoms with Crippen LogP contribution in [0, 0.1) is 5.41 Å². The number of hydrogen-bond donors (Lipinski definition) is 1. The number of allylic oxidation sites excluding steroid dienone is 1. The third-order valence-corrected chi connectivity index (χ3v) is 3.19. The zero-order valence-corrected chi connectivity index (χ0v) is 12.1. The number of carbonyl (C=O) groups excluding carboxylic acids is 2. The van der Waals surface area contributed by atoms with E-state index in [1.54, 1.807) is 12.1 Å². The highest BCUT2D eigenvalue weighted by atomic mass is 16.5. The molecule has 0 unspecified atom stereocenters. The van der Waals surface area contributed by atoms with E-state index in [1.165, 1.54) is 32.4 Å². The summed E-state index contributed by atoms with van der Waals surface area (Å²) in [5, 5.41) is 9.30. The Bertz CT molecular complexity index is 537. The van der Waals surface area contributed by atoms with Crippen LogP contribution in [0.3, 0.4) is 0 Å². The van der Waals surface area contributed by atoms with E-state index in [-0.39, 0.29) is 18.6 Å². The molecule has 1 rings (SSSR count). The second-order valence-corrected chi connectivity index (χ2v) is 4.52. The van der Waals surface area contributed by atoms with Gasteiger partial charge >= 0.3 is 11.9 Å². The first-order valence-corrected chi connectivity index (χ1v) is 6.29. The van der Waals surface area contributed by atoms with Crippen molar-refractivity contribution in [1.29, 1.82) is 0 Å². The number of rotatable bonds is 6. The Morgan fingerprint density at radius 1 is 1.24 bits per heavy atom. The molecule has 1 aromatic rings. The molecule has 21 heavy (non-hydrogen) atoms. The maximum atomic E-state index is 12.2. The standard InChI is InChI=1S/C16H18O5/c1-4-5-10-16(14(18)20-2,15(19)21-3)11-12-6-8-13(17)9-7-12/h5-9,17H,1,10-11H2,2-3H3. The minimum absolute atomic E-state index is 0.0662. The zero-order valence-electron chi connectivity index (χ0n) is 12.1. The van der Waals surface area contributed by atoms with Crippen molar-refractivity contribution >= 4 is 11.9 Å². The normalized spacial score (nSPS) is 10.4. The Morgan fingerprint density at radius 2 is 1.76 bits per heavy atom. The van der Waals surface area contributed by atoms with Gasteiger partial charge in [-0.25, -0.2) is 0 Å². The van der Waals surface area contributed by atoms with Crippen LogP contribution in [0.5, 0.6) is 5.75 Å². The van der Waals surface area contributed by atoms with E-state index in [0.717, 1.165) is 0 Å². The molecule has 1 aromatic carbocycles. The number of esters is 2. The van der Waals surface area contributed by atoms with E-state index in [1.807, 2.05) is 0 Å². The van der Waals surface area contributed by atoms with Crippen LogP contribution in [0.1, 0.15) is 12.0 Å². The summed E-state index contributed by atoms with van der Waals surface area (Å²) in [6.07, 6.45) is 1.65. The first kappa shape index (κ1) is 16.5. The maximum Gasteiger partial charge on any atom is 0.323 e. The minimum Gasteiger partial charge on any atom is -0.508 e. The summed E-state index contributed by atoms with van der Waals surface area (Å²) in [6.45, 7) is 3.43. The van der Waals surface area contributed by atoms with E-state index >= 15 is 0 Å². The molecule has 1 N–H and O–H groups in total. The summed E-state index contributed by atoms with van der Waals surface area (Å²) in [5.41, 5.74) is 1.75. The summed E-state index contributed by atoms with van der Waals surface area (Å²) in [6, 6.07) is 6.23. The summed E-state index contributed by atoms with van der Waals surface area (Å²) in [4.78, 5) is 24.3. The van der Waals surface area contributed by atoms with Gasteiger partial charge in [-0.2, -0.15) is 0 Å². The highest BCUT2D eigenvalue weighted by molar-refractivity contribution is 6.00. The van der Waals surface area contributed by atoms with Crippen LogP contribution in [-0.2, 0) is 25.5 Å². The lowest BCUT2D eigenvalue weighted by Gasteiger charge is -2.27. The molecule has 0 aliphatic carbocycles. The van der Waals surface area contributed by atoms with E-state index < -0.39 is 17.4 Å². The molecule has 0 heterocycles. The predicted octanol–water partition coefficient (Wildman–Crippen LogP) is 2.00. The van der Waals surface area contributed by atoms with Crippen molar-refractivity contribution in [2.75, 3.05) is 14.2 Å². The number of aromatic hydroxyl groups is 1. The van der Waals surface area contributed by atoms with Gasteiger partial charge in [-0.3, -0.25) is 9.59 Å². The Kier molecular flexibility index (Phi) is 5.76. The lowest BCUT2D eigenvalue weighted by Crippen LogP contribution is -2.42. The maximum absolute atomic E-state index is 12.2. The Hall–Kier alpha value is -2.52. The number of phenols is 1. The van der Waals surface area contributed by atoms with E-state index in [0.29, 0.717) is 5.56 Å². The molecule has 0 aliphatic rings. The summed E-state index contributed by atoms with van der Waals surface area (Å²) in [7, 11) is 2.43. The number of benzene rings is 1. The molecule has 5 nitrogen and oxygen atoms in total.